The van der Waals surface area contributed by atoms with Crippen molar-refractivity contribution in [1.29, 1.82) is 0 Å². The number of rotatable bonds is 6. The lowest BCUT2D eigenvalue weighted by Gasteiger charge is -2.19. The number of nitrogens with one attached hydrogen (secondary N) is 2. The zero-order valence-electron chi connectivity index (χ0n) is 15.2. The molecule has 3 aromatic rings. The lowest BCUT2D eigenvalue weighted by molar-refractivity contribution is 0.456. The molecule has 1 atom stereocenters. The molecule has 0 aliphatic heterocycles. The maximum absolute atomic E-state index is 11.4. The van der Waals surface area contributed by atoms with Crippen molar-refractivity contribution in [3.63, 3.8) is 0 Å². The summed E-state index contributed by atoms with van der Waals surface area (Å²) in [4.78, 5) is 11.4. The maximum atomic E-state index is 11.4. The third kappa shape index (κ3) is 4.34. The summed E-state index contributed by atoms with van der Waals surface area (Å²) in [5.41, 5.74) is 2.30. The van der Waals surface area contributed by atoms with Crippen LogP contribution in [0.5, 0.6) is 11.6 Å². The average molecular weight is 407 g/mol. The highest BCUT2D eigenvalue weighted by Gasteiger charge is 2.27. The Morgan fingerprint density at radius 2 is 1.78 bits per heavy atom. The van der Waals surface area contributed by atoms with Crippen LogP contribution in [-0.2, 0) is 6.42 Å². The summed E-state index contributed by atoms with van der Waals surface area (Å²) in [5, 5.41) is 15.2. The van der Waals surface area contributed by atoms with Crippen LogP contribution in [0.2, 0.25) is 10.0 Å². The number of aromatic amines is 2. The van der Waals surface area contributed by atoms with Crippen molar-refractivity contribution in [2.75, 3.05) is 0 Å². The first-order valence-electron chi connectivity index (χ1n) is 8.65. The van der Waals surface area contributed by atoms with Crippen molar-refractivity contribution in [3.8, 4) is 11.6 Å². The molecule has 2 heterocycles. The van der Waals surface area contributed by atoms with Gasteiger partial charge in [-0.2, -0.15) is 10.2 Å². The van der Waals surface area contributed by atoms with Crippen LogP contribution in [0.1, 0.15) is 43.6 Å². The van der Waals surface area contributed by atoms with Gasteiger partial charge in [0.2, 0.25) is 5.88 Å². The molecule has 2 aromatic heterocycles. The molecule has 0 spiro atoms. The SMILES string of the molecule is CCc1c(C(c2ccc(=O)[nH]n2)C(C)C)n[nH]c1Oc1cc(Cl)cc(Cl)c1. The zero-order chi connectivity index (χ0) is 19.6. The van der Waals surface area contributed by atoms with Crippen molar-refractivity contribution >= 4 is 23.2 Å². The Morgan fingerprint density at radius 1 is 1.07 bits per heavy atom. The minimum atomic E-state index is -0.235. The van der Waals surface area contributed by atoms with Crippen LogP contribution in [0.3, 0.4) is 0 Å². The molecule has 27 heavy (non-hydrogen) atoms. The molecular weight excluding hydrogens is 387 g/mol. The topological polar surface area (TPSA) is 83.7 Å². The zero-order valence-corrected chi connectivity index (χ0v) is 16.7. The number of H-pyrrole nitrogens is 2. The predicted octanol–water partition coefficient (Wildman–Crippen LogP) is 4.94. The summed E-state index contributed by atoms with van der Waals surface area (Å²) in [6.07, 6.45) is 0.710. The van der Waals surface area contributed by atoms with Gasteiger partial charge in [0.05, 0.1) is 11.4 Å². The van der Waals surface area contributed by atoms with Crippen LogP contribution >= 0.6 is 23.2 Å². The van der Waals surface area contributed by atoms with Gasteiger partial charge in [0, 0.05) is 27.6 Å². The molecule has 0 aliphatic carbocycles. The molecule has 1 unspecified atom stereocenters. The first kappa shape index (κ1) is 19.5. The normalized spacial score (nSPS) is 12.4. The standard InChI is InChI=1S/C19H20Cl2N4O2/c1-4-14-18(17(10(2)3)15-5-6-16(26)23-22-15)24-25-19(14)27-13-8-11(20)7-12(21)9-13/h5-10,17H,4H2,1-3H3,(H,23,26)(H,24,25). The monoisotopic (exact) mass is 406 g/mol. The molecule has 8 heteroatoms. The highest BCUT2D eigenvalue weighted by atomic mass is 35.5. The van der Waals surface area contributed by atoms with Crippen LogP contribution in [0.25, 0.3) is 0 Å². The Hall–Kier alpha value is -2.31. The van der Waals surface area contributed by atoms with E-state index in [1.165, 1.54) is 6.07 Å². The second-order valence-corrected chi connectivity index (χ2v) is 7.42. The van der Waals surface area contributed by atoms with Gasteiger partial charge in [-0.15, -0.1) is 0 Å². The van der Waals surface area contributed by atoms with Crippen molar-refractivity contribution in [2.45, 2.75) is 33.1 Å². The lowest BCUT2D eigenvalue weighted by Crippen LogP contribution is -2.16. The molecule has 0 fully saturated rings. The Balaban J connectivity index is 2.00. The van der Waals surface area contributed by atoms with E-state index in [1.807, 2.05) is 6.92 Å². The molecule has 3 rings (SSSR count). The smallest absolute Gasteiger partial charge is 0.264 e. The van der Waals surface area contributed by atoms with Gasteiger partial charge in [-0.25, -0.2) is 10.2 Å². The van der Waals surface area contributed by atoms with Gasteiger partial charge < -0.3 is 4.74 Å². The van der Waals surface area contributed by atoms with E-state index < -0.39 is 0 Å². The van der Waals surface area contributed by atoms with Gasteiger partial charge in [0.25, 0.3) is 5.56 Å². The minimum absolute atomic E-state index is 0.0895. The average Bonchev–Trinajstić information content (AvgIpc) is 2.97. The number of aromatic nitrogens is 4. The molecule has 0 aliphatic rings. The predicted molar refractivity (Wildman–Crippen MR) is 106 cm³/mol. The van der Waals surface area contributed by atoms with Crippen LogP contribution in [0.4, 0.5) is 0 Å². The third-order valence-electron chi connectivity index (χ3n) is 4.25. The molecule has 6 nitrogen and oxygen atoms in total. The number of hydrogen-bond acceptors (Lipinski definition) is 4. The van der Waals surface area contributed by atoms with E-state index in [9.17, 15) is 4.79 Å². The molecule has 0 saturated heterocycles. The number of halogens is 2. The van der Waals surface area contributed by atoms with E-state index in [0.29, 0.717) is 28.1 Å². The van der Waals surface area contributed by atoms with E-state index >= 15 is 0 Å². The summed E-state index contributed by atoms with van der Waals surface area (Å²) < 4.78 is 5.96. The minimum Gasteiger partial charge on any atom is -0.439 e. The molecular formula is C19H20Cl2N4O2. The lowest BCUT2D eigenvalue weighted by atomic mass is 9.87. The van der Waals surface area contributed by atoms with E-state index in [2.05, 4.69) is 34.2 Å². The fraction of sp³-hybridized carbons (Fsp3) is 0.316. The van der Waals surface area contributed by atoms with E-state index in [4.69, 9.17) is 27.9 Å². The first-order valence-corrected chi connectivity index (χ1v) is 9.41. The van der Waals surface area contributed by atoms with Gasteiger partial charge in [-0.3, -0.25) is 4.79 Å². The number of ether oxygens (including phenoxy) is 1. The van der Waals surface area contributed by atoms with E-state index in [0.717, 1.165) is 17.0 Å². The summed E-state index contributed by atoms with van der Waals surface area (Å²) in [6.45, 7) is 6.20. The van der Waals surface area contributed by atoms with Gasteiger partial charge in [-0.1, -0.05) is 44.0 Å². The molecule has 0 saturated carbocycles. The van der Waals surface area contributed by atoms with E-state index in [-0.39, 0.29) is 17.4 Å². The van der Waals surface area contributed by atoms with Gasteiger partial charge in [0.15, 0.2) is 0 Å². The van der Waals surface area contributed by atoms with Gasteiger partial charge in [-0.05, 0) is 36.6 Å². The highest BCUT2D eigenvalue weighted by molar-refractivity contribution is 6.34. The fourth-order valence-electron chi connectivity index (χ4n) is 3.08. The Bertz CT molecular complexity index is 957. The van der Waals surface area contributed by atoms with Crippen molar-refractivity contribution in [2.24, 2.45) is 5.92 Å². The first-order chi connectivity index (χ1) is 12.9. The molecule has 0 amide bonds. The Morgan fingerprint density at radius 3 is 2.33 bits per heavy atom. The molecule has 0 bridgehead atoms. The Labute approximate surface area is 166 Å². The Kier molecular flexibility index (Phi) is 5.87. The van der Waals surface area contributed by atoms with Crippen LogP contribution in [-0.4, -0.2) is 20.4 Å². The third-order valence-corrected chi connectivity index (χ3v) is 4.69. The second-order valence-electron chi connectivity index (χ2n) is 6.55. The quantitative estimate of drug-likeness (QED) is 0.606. The van der Waals surface area contributed by atoms with E-state index in [1.54, 1.807) is 24.3 Å². The van der Waals surface area contributed by atoms with Crippen molar-refractivity contribution < 1.29 is 4.74 Å². The number of benzene rings is 1. The molecule has 2 N–H and O–H groups in total. The largest absolute Gasteiger partial charge is 0.439 e. The summed E-state index contributed by atoms with van der Waals surface area (Å²) in [7, 11) is 0. The summed E-state index contributed by atoms with van der Waals surface area (Å²) in [5.74, 6) is 1.19. The summed E-state index contributed by atoms with van der Waals surface area (Å²) >= 11 is 12.1. The second kappa shape index (κ2) is 8.15. The van der Waals surface area contributed by atoms with Gasteiger partial charge in [0.1, 0.15) is 5.75 Å². The molecule has 1 aromatic carbocycles. The van der Waals surface area contributed by atoms with Gasteiger partial charge >= 0.3 is 0 Å². The molecule has 0 radical (unpaired) electrons. The fourth-order valence-corrected chi connectivity index (χ4v) is 3.58. The van der Waals surface area contributed by atoms with Crippen molar-refractivity contribution in [1.82, 2.24) is 20.4 Å². The van der Waals surface area contributed by atoms with Crippen LogP contribution in [0.15, 0.2) is 35.1 Å². The van der Waals surface area contributed by atoms with Crippen LogP contribution < -0.4 is 10.3 Å². The maximum Gasteiger partial charge on any atom is 0.264 e. The highest BCUT2D eigenvalue weighted by Crippen LogP contribution is 2.36. The summed E-state index contributed by atoms with van der Waals surface area (Å²) in [6, 6.07) is 8.23. The number of nitrogens with zero attached hydrogens (tertiary/aromatic N) is 2. The van der Waals surface area contributed by atoms with Crippen LogP contribution in [0, 0.1) is 5.92 Å². The number of hydrogen-bond donors (Lipinski definition) is 2. The molecule has 142 valence electrons. The van der Waals surface area contributed by atoms with Crippen molar-refractivity contribution in [3.05, 3.63) is 67.7 Å².